The highest BCUT2D eigenvalue weighted by Crippen LogP contribution is 2.33. The summed E-state index contributed by atoms with van der Waals surface area (Å²) < 4.78 is 30.2. The molecule has 0 amide bonds. The van der Waals surface area contributed by atoms with E-state index in [1.165, 1.54) is 17.7 Å². The second-order valence-electron chi connectivity index (χ2n) is 9.71. The number of aromatic nitrogens is 1. The summed E-state index contributed by atoms with van der Waals surface area (Å²) in [7, 11) is 1.68. The number of β-amino-alcohol motifs (C(OH)–C–C–N with tert-alkyl or cyclic N) is 1. The van der Waals surface area contributed by atoms with Crippen molar-refractivity contribution in [2.24, 2.45) is 0 Å². The molecule has 1 aliphatic heterocycles. The fourth-order valence-electron chi connectivity index (χ4n) is 5.11. The normalized spacial score (nSPS) is 15.6. The zero-order valence-corrected chi connectivity index (χ0v) is 21.1. The van der Waals surface area contributed by atoms with E-state index in [2.05, 4.69) is 28.3 Å². The Bertz CT molecular complexity index is 1320. The van der Waals surface area contributed by atoms with Crippen molar-refractivity contribution in [3.8, 4) is 11.5 Å². The number of rotatable bonds is 10. The third-order valence-corrected chi connectivity index (χ3v) is 7.13. The number of aliphatic hydroxyl groups is 1. The van der Waals surface area contributed by atoms with Crippen LogP contribution in [0.3, 0.4) is 0 Å². The van der Waals surface area contributed by atoms with Gasteiger partial charge in [-0.25, -0.2) is 4.39 Å². The maximum absolute atomic E-state index is 13.5. The van der Waals surface area contributed by atoms with Crippen LogP contribution in [0.15, 0.2) is 71.3 Å². The number of hydrogen-bond donors (Lipinski definition) is 1. The molecular weight excluding hydrogens is 471 g/mol. The van der Waals surface area contributed by atoms with Gasteiger partial charge >= 0.3 is 0 Å². The Balaban J connectivity index is 1.10. The van der Waals surface area contributed by atoms with E-state index in [0.29, 0.717) is 12.1 Å². The summed E-state index contributed by atoms with van der Waals surface area (Å²) in [4.78, 5) is 2.27. The number of hydrogen-bond acceptors (Lipinski definition) is 6. The number of halogens is 1. The van der Waals surface area contributed by atoms with Crippen LogP contribution in [0.1, 0.15) is 35.6 Å². The average Bonchev–Trinajstić information content (AvgIpc) is 3.34. The van der Waals surface area contributed by atoms with E-state index in [1.54, 1.807) is 13.2 Å². The van der Waals surface area contributed by atoms with Gasteiger partial charge < -0.3 is 24.0 Å². The molecule has 0 radical (unpaired) electrons. The van der Waals surface area contributed by atoms with Crippen molar-refractivity contribution in [3.05, 3.63) is 89.4 Å². The Morgan fingerprint density at radius 2 is 1.89 bits per heavy atom. The van der Waals surface area contributed by atoms with E-state index >= 15 is 0 Å². The fraction of sp³-hybridized carbons (Fsp3) is 0.367. The zero-order chi connectivity index (χ0) is 25.6. The molecule has 5 rings (SSSR count). The fourth-order valence-corrected chi connectivity index (χ4v) is 5.11. The van der Waals surface area contributed by atoms with Crippen molar-refractivity contribution in [3.63, 3.8) is 0 Å². The first-order valence-corrected chi connectivity index (χ1v) is 12.9. The van der Waals surface area contributed by atoms with Gasteiger partial charge in [-0.3, -0.25) is 0 Å². The molecule has 1 atom stereocenters. The molecule has 37 heavy (non-hydrogen) atoms. The van der Waals surface area contributed by atoms with Crippen molar-refractivity contribution in [1.29, 1.82) is 0 Å². The van der Waals surface area contributed by atoms with Gasteiger partial charge in [-0.2, -0.15) is 0 Å². The van der Waals surface area contributed by atoms with Gasteiger partial charge in [0.05, 0.1) is 12.8 Å². The van der Waals surface area contributed by atoms with Crippen LogP contribution in [0.2, 0.25) is 0 Å². The standard InChI is InChI=1S/C30H33FN2O4/c1-35-26-7-4-5-21(17-26)9-10-22-6-2-3-8-28(22)36-20-25(34)19-33-15-13-23(14-16-33)30-27-12-11-24(31)18-29(27)37-32-30/h2-8,11-12,17-18,23,25,34H,9-10,13-16,19-20H2,1H3. The highest BCUT2D eigenvalue weighted by molar-refractivity contribution is 5.79. The lowest BCUT2D eigenvalue weighted by Gasteiger charge is -2.32. The van der Waals surface area contributed by atoms with Crippen molar-refractivity contribution < 1.29 is 23.5 Å². The maximum atomic E-state index is 13.5. The van der Waals surface area contributed by atoms with Crippen molar-refractivity contribution in [2.75, 3.05) is 33.4 Å². The largest absolute Gasteiger partial charge is 0.497 e. The summed E-state index contributed by atoms with van der Waals surface area (Å²) in [5, 5.41) is 15.8. The number of benzene rings is 3. The van der Waals surface area contributed by atoms with Crippen LogP contribution in [0.25, 0.3) is 11.0 Å². The SMILES string of the molecule is COc1cccc(CCc2ccccc2OCC(O)CN2CCC(c3noc4cc(F)ccc34)CC2)c1. The summed E-state index contributed by atoms with van der Waals surface area (Å²) >= 11 is 0. The quantitative estimate of drug-likeness (QED) is 0.313. The summed E-state index contributed by atoms with van der Waals surface area (Å²) in [5.74, 6) is 1.63. The molecule has 0 bridgehead atoms. The van der Waals surface area contributed by atoms with Crippen LogP contribution in [0.5, 0.6) is 11.5 Å². The van der Waals surface area contributed by atoms with Crippen LogP contribution in [-0.2, 0) is 12.8 Å². The molecule has 1 saturated heterocycles. The summed E-state index contributed by atoms with van der Waals surface area (Å²) in [6, 6.07) is 20.7. The molecule has 1 fully saturated rings. The van der Waals surface area contributed by atoms with Crippen molar-refractivity contribution in [1.82, 2.24) is 10.1 Å². The molecule has 0 saturated carbocycles. The predicted octanol–water partition coefficient (Wildman–Crippen LogP) is 5.38. The third kappa shape index (κ3) is 6.29. The first-order valence-electron chi connectivity index (χ1n) is 12.9. The molecule has 0 aliphatic carbocycles. The van der Waals surface area contributed by atoms with E-state index in [9.17, 15) is 9.50 Å². The third-order valence-electron chi connectivity index (χ3n) is 7.13. The van der Waals surface area contributed by atoms with Gasteiger partial charge in [0, 0.05) is 23.9 Å². The molecule has 1 aromatic heterocycles. The van der Waals surface area contributed by atoms with Crippen molar-refractivity contribution >= 4 is 11.0 Å². The van der Waals surface area contributed by atoms with E-state index in [0.717, 1.165) is 66.9 Å². The van der Waals surface area contributed by atoms with E-state index in [4.69, 9.17) is 14.0 Å². The Morgan fingerprint density at radius 3 is 2.73 bits per heavy atom. The number of para-hydroxylation sites is 1. The molecule has 7 heteroatoms. The summed E-state index contributed by atoms with van der Waals surface area (Å²) in [6.45, 7) is 2.52. The summed E-state index contributed by atoms with van der Waals surface area (Å²) in [6.07, 6.45) is 2.97. The molecule has 0 spiro atoms. The molecular formula is C30H33FN2O4. The number of aryl methyl sites for hydroxylation is 2. The van der Waals surface area contributed by atoms with Gasteiger partial charge in [0.25, 0.3) is 0 Å². The average molecular weight is 505 g/mol. The van der Waals surface area contributed by atoms with E-state index in [-0.39, 0.29) is 18.3 Å². The van der Waals surface area contributed by atoms with Gasteiger partial charge in [-0.1, -0.05) is 35.5 Å². The predicted molar refractivity (Wildman–Crippen MR) is 141 cm³/mol. The number of nitrogens with zero attached hydrogens (tertiary/aromatic N) is 2. The summed E-state index contributed by atoms with van der Waals surface area (Å²) in [5.41, 5.74) is 3.74. The number of ether oxygens (including phenoxy) is 2. The van der Waals surface area contributed by atoms with E-state index in [1.807, 2.05) is 30.3 Å². The number of aliphatic hydroxyl groups excluding tert-OH is 1. The van der Waals surface area contributed by atoms with Gasteiger partial charge in [-0.15, -0.1) is 0 Å². The second kappa shape index (κ2) is 11.8. The van der Waals surface area contributed by atoms with Gasteiger partial charge in [-0.05, 0) is 80.2 Å². The minimum atomic E-state index is -0.584. The Labute approximate surface area is 216 Å². The minimum absolute atomic E-state index is 0.246. The minimum Gasteiger partial charge on any atom is -0.497 e. The number of likely N-dealkylation sites (tertiary alicyclic amines) is 1. The van der Waals surface area contributed by atoms with Crippen LogP contribution in [0, 0.1) is 5.82 Å². The number of fused-ring (bicyclic) bond motifs is 1. The maximum Gasteiger partial charge on any atom is 0.170 e. The van der Waals surface area contributed by atoms with Gasteiger partial charge in [0.15, 0.2) is 5.58 Å². The Hall–Kier alpha value is -3.42. The Morgan fingerprint density at radius 1 is 1.05 bits per heavy atom. The monoisotopic (exact) mass is 504 g/mol. The molecule has 1 aliphatic rings. The molecule has 6 nitrogen and oxygen atoms in total. The number of piperidine rings is 1. The zero-order valence-electron chi connectivity index (χ0n) is 21.1. The Kier molecular flexibility index (Phi) is 8.02. The van der Waals surface area contributed by atoms with Crippen LogP contribution in [0.4, 0.5) is 4.39 Å². The topological polar surface area (TPSA) is 68.0 Å². The van der Waals surface area contributed by atoms with Crippen LogP contribution >= 0.6 is 0 Å². The molecule has 194 valence electrons. The van der Waals surface area contributed by atoms with E-state index < -0.39 is 6.10 Å². The molecule has 2 heterocycles. The number of methoxy groups -OCH3 is 1. The lowest BCUT2D eigenvalue weighted by molar-refractivity contribution is 0.0589. The smallest absolute Gasteiger partial charge is 0.170 e. The highest BCUT2D eigenvalue weighted by atomic mass is 19.1. The first kappa shape index (κ1) is 25.2. The van der Waals surface area contributed by atoms with Gasteiger partial charge in [0.2, 0.25) is 0 Å². The first-order chi connectivity index (χ1) is 18.1. The molecule has 4 aromatic rings. The van der Waals surface area contributed by atoms with Gasteiger partial charge in [0.1, 0.15) is 30.0 Å². The molecule has 1 N–H and O–H groups in total. The molecule has 1 unspecified atom stereocenters. The van der Waals surface area contributed by atoms with Crippen molar-refractivity contribution in [2.45, 2.75) is 37.7 Å². The molecule has 3 aromatic carbocycles. The van der Waals surface area contributed by atoms with Crippen LogP contribution < -0.4 is 9.47 Å². The lowest BCUT2D eigenvalue weighted by atomic mass is 9.91. The van der Waals surface area contributed by atoms with Crippen LogP contribution in [-0.4, -0.2) is 54.6 Å². The lowest BCUT2D eigenvalue weighted by Crippen LogP contribution is -2.40. The second-order valence-corrected chi connectivity index (χ2v) is 9.71. The highest BCUT2D eigenvalue weighted by Gasteiger charge is 2.26.